The topological polar surface area (TPSA) is 78.5 Å². The van der Waals surface area contributed by atoms with Gasteiger partial charge >= 0.3 is 6.09 Å². The number of amides is 1. The molecule has 1 aliphatic carbocycles. The molecule has 0 spiro atoms. The van der Waals surface area contributed by atoms with Gasteiger partial charge in [-0.15, -0.1) is 11.6 Å². The van der Waals surface area contributed by atoms with Crippen LogP contribution in [0.5, 0.6) is 5.75 Å². The highest BCUT2D eigenvalue weighted by molar-refractivity contribution is 6.18. The third-order valence-corrected chi connectivity index (χ3v) is 5.70. The first-order chi connectivity index (χ1) is 15.0. The van der Waals surface area contributed by atoms with Gasteiger partial charge in [-0.1, -0.05) is 12.1 Å². The van der Waals surface area contributed by atoms with Gasteiger partial charge in [0, 0.05) is 22.7 Å². The summed E-state index contributed by atoms with van der Waals surface area (Å²) in [4.78, 5) is 11.9. The number of alkyl halides is 1. The Labute approximate surface area is 187 Å². The molecule has 0 bridgehead atoms. The summed E-state index contributed by atoms with van der Waals surface area (Å²) in [6.07, 6.45) is 2.87. The molecule has 1 fully saturated rings. The molecule has 1 saturated carbocycles. The van der Waals surface area contributed by atoms with Crippen molar-refractivity contribution in [3.05, 3.63) is 42.5 Å². The minimum absolute atomic E-state index is 0.171. The van der Waals surface area contributed by atoms with Crippen molar-refractivity contribution in [3.8, 4) is 17.0 Å². The van der Waals surface area contributed by atoms with E-state index in [1.54, 1.807) is 0 Å². The summed E-state index contributed by atoms with van der Waals surface area (Å²) in [5.41, 5.74) is 11.2. The van der Waals surface area contributed by atoms with E-state index < -0.39 is 6.09 Å². The number of halogens is 1. The van der Waals surface area contributed by atoms with Crippen LogP contribution in [-0.2, 0) is 4.74 Å². The third kappa shape index (κ3) is 4.44. The van der Waals surface area contributed by atoms with Gasteiger partial charge in [-0.2, -0.15) is 0 Å². The van der Waals surface area contributed by atoms with E-state index in [1.165, 1.54) is 6.42 Å². The minimum atomic E-state index is -0.463. The van der Waals surface area contributed by atoms with Crippen LogP contribution in [0.3, 0.4) is 0 Å². The fourth-order valence-electron chi connectivity index (χ4n) is 3.96. The van der Waals surface area contributed by atoms with Gasteiger partial charge < -0.3 is 19.8 Å². The number of hydrogen-bond acceptors (Lipinski definition) is 4. The van der Waals surface area contributed by atoms with Gasteiger partial charge in [0.25, 0.3) is 0 Å². The zero-order valence-corrected chi connectivity index (χ0v) is 18.6. The van der Waals surface area contributed by atoms with E-state index in [-0.39, 0.29) is 6.10 Å². The van der Waals surface area contributed by atoms with Crippen LogP contribution in [0.2, 0.25) is 0 Å². The molecule has 3 N–H and O–H groups in total. The molecule has 1 heterocycles. The lowest BCUT2D eigenvalue weighted by Gasteiger charge is -2.30. The number of fused-ring (bicyclic) bond motifs is 1. The van der Waals surface area contributed by atoms with Gasteiger partial charge in [0.2, 0.25) is 0 Å². The van der Waals surface area contributed by atoms with Crippen molar-refractivity contribution in [2.75, 3.05) is 23.5 Å². The molecule has 0 aliphatic heterocycles. The molecule has 0 unspecified atom stereocenters. The number of benzene rings is 2. The van der Waals surface area contributed by atoms with Crippen LogP contribution >= 0.6 is 11.6 Å². The predicted octanol–water partition coefficient (Wildman–Crippen LogP) is 6.19. The number of carbonyl (C=O) groups excluding carboxylic acids is 1. The van der Waals surface area contributed by atoms with Gasteiger partial charge in [-0.3, -0.25) is 5.32 Å². The summed E-state index contributed by atoms with van der Waals surface area (Å²) in [5, 5.41) is 3.74. The second-order valence-corrected chi connectivity index (χ2v) is 8.47. The van der Waals surface area contributed by atoms with Crippen LogP contribution in [0.15, 0.2) is 42.5 Å². The standard InChI is InChI=1S/C24H28ClN3O3/c1-15(2)31-24(29)27-17-8-6-16(7-9-17)23-22(26)20-14-19(30-13-12-25)10-11-21(20)28(23)18-4-3-5-18/h6-11,14-15,18H,3-5,12-13,26H2,1-2H3,(H,27,29). The molecule has 0 atom stereocenters. The van der Waals surface area contributed by atoms with Crippen molar-refractivity contribution >= 4 is 40.0 Å². The quantitative estimate of drug-likeness (QED) is 0.428. The Bertz CT molecular complexity index is 1070. The van der Waals surface area contributed by atoms with Gasteiger partial charge in [0.1, 0.15) is 12.4 Å². The number of ether oxygens (including phenoxy) is 2. The van der Waals surface area contributed by atoms with Crippen molar-refractivity contribution in [2.45, 2.75) is 45.3 Å². The summed E-state index contributed by atoms with van der Waals surface area (Å²) in [5.74, 6) is 1.20. The normalized spacial score (nSPS) is 13.9. The highest BCUT2D eigenvalue weighted by Gasteiger charge is 2.27. The summed E-state index contributed by atoms with van der Waals surface area (Å²) in [7, 11) is 0. The maximum Gasteiger partial charge on any atom is 0.411 e. The molecule has 1 aromatic heterocycles. The van der Waals surface area contributed by atoms with Gasteiger partial charge in [-0.25, -0.2) is 4.79 Å². The van der Waals surface area contributed by atoms with Crippen LogP contribution in [0.4, 0.5) is 16.2 Å². The fraction of sp³-hybridized carbons (Fsp3) is 0.375. The van der Waals surface area contributed by atoms with Crippen molar-refractivity contribution in [3.63, 3.8) is 0 Å². The fourth-order valence-corrected chi connectivity index (χ4v) is 4.03. The molecule has 164 valence electrons. The summed E-state index contributed by atoms with van der Waals surface area (Å²) >= 11 is 5.76. The Morgan fingerprint density at radius 1 is 1.23 bits per heavy atom. The Morgan fingerprint density at radius 3 is 2.58 bits per heavy atom. The van der Waals surface area contributed by atoms with Crippen LogP contribution in [0.1, 0.15) is 39.2 Å². The molecule has 0 saturated heterocycles. The maximum atomic E-state index is 11.9. The van der Waals surface area contributed by atoms with Crippen molar-refractivity contribution in [2.24, 2.45) is 0 Å². The molecule has 7 heteroatoms. The van der Waals surface area contributed by atoms with Crippen molar-refractivity contribution in [1.82, 2.24) is 4.57 Å². The molecule has 1 amide bonds. The van der Waals surface area contributed by atoms with E-state index in [2.05, 4.69) is 16.0 Å². The van der Waals surface area contributed by atoms with Gasteiger partial charge in [0.05, 0.1) is 28.9 Å². The summed E-state index contributed by atoms with van der Waals surface area (Å²) < 4.78 is 13.2. The second-order valence-electron chi connectivity index (χ2n) is 8.09. The monoisotopic (exact) mass is 441 g/mol. The zero-order chi connectivity index (χ0) is 22.0. The Balaban J connectivity index is 1.70. The van der Waals surface area contributed by atoms with E-state index in [9.17, 15) is 4.79 Å². The van der Waals surface area contributed by atoms with E-state index in [4.69, 9.17) is 26.8 Å². The molecule has 31 heavy (non-hydrogen) atoms. The minimum Gasteiger partial charge on any atom is -0.492 e. The number of carbonyl (C=O) groups is 1. The van der Waals surface area contributed by atoms with Crippen LogP contribution in [-0.4, -0.2) is 29.3 Å². The van der Waals surface area contributed by atoms with E-state index in [1.807, 2.05) is 50.2 Å². The third-order valence-electron chi connectivity index (χ3n) is 5.55. The smallest absolute Gasteiger partial charge is 0.411 e. The number of anilines is 2. The second kappa shape index (κ2) is 9.10. The summed E-state index contributed by atoms with van der Waals surface area (Å²) in [6.45, 7) is 4.09. The predicted molar refractivity (Wildman–Crippen MR) is 126 cm³/mol. The summed E-state index contributed by atoms with van der Waals surface area (Å²) in [6, 6.07) is 14.2. The Morgan fingerprint density at radius 2 is 1.97 bits per heavy atom. The van der Waals surface area contributed by atoms with Crippen molar-refractivity contribution in [1.29, 1.82) is 0 Å². The zero-order valence-electron chi connectivity index (χ0n) is 17.9. The largest absolute Gasteiger partial charge is 0.492 e. The molecule has 4 rings (SSSR count). The molecule has 2 aromatic carbocycles. The van der Waals surface area contributed by atoms with Crippen molar-refractivity contribution < 1.29 is 14.3 Å². The van der Waals surface area contributed by atoms with E-state index in [0.29, 0.717) is 24.2 Å². The SMILES string of the molecule is CC(C)OC(=O)Nc1ccc(-c2c(N)c3cc(OCCCl)ccc3n2C2CCC2)cc1. The van der Waals surface area contributed by atoms with Crippen LogP contribution in [0.25, 0.3) is 22.2 Å². The van der Waals surface area contributed by atoms with Crippen LogP contribution in [0, 0.1) is 0 Å². The first-order valence-electron chi connectivity index (χ1n) is 10.7. The average Bonchev–Trinajstić information content (AvgIpc) is 2.97. The van der Waals surface area contributed by atoms with Gasteiger partial charge in [0.15, 0.2) is 0 Å². The average molecular weight is 442 g/mol. The van der Waals surface area contributed by atoms with Gasteiger partial charge in [-0.05, 0) is 63.4 Å². The number of nitrogens with one attached hydrogen (secondary N) is 1. The lowest BCUT2D eigenvalue weighted by molar-refractivity contribution is 0.130. The molecule has 3 aromatic rings. The molecule has 6 nitrogen and oxygen atoms in total. The first-order valence-corrected chi connectivity index (χ1v) is 11.2. The Kier molecular flexibility index (Phi) is 6.28. The molecular weight excluding hydrogens is 414 g/mol. The number of nitrogen functional groups attached to an aromatic ring is 1. The lowest BCUT2D eigenvalue weighted by Crippen LogP contribution is -2.18. The number of nitrogens with two attached hydrogens (primary N) is 1. The highest BCUT2D eigenvalue weighted by Crippen LogP contribution is 2.44. The first kappa shape index (κ1) is 21.4. The highest BCUT2D eigenvalue weighted by atomic mass is 35.5. The number of nitrogens with zero attached hydrogens (tertiary/aromatic N) is 1. The number of rotatable bonds is 7. The Hall–Kier alpha value is -2.86. The van der Waals surface area contributed by atoms with E-state index in [0.717, 1.165) is 46.4 Å². The number of aromatic nitrogens is 1. The molecule has 1 aliphatic rings. The maximum absolute atomic E-state index is 11.9. The van der Waals surface area contributed by atoms with Crippen LogP contribution < -0.4 is 15.8 Å². The lowest BCUT2D eigenvalue weighted by atomic mass is 9.92. The molecular formula is C24H28ClN3O3. The van der Waals surface area contributed by atoms with E-state index >= 15 is 0 Å². The number of hydrogen-bond donors (Lipinski definition) is 2. The molecule has 0 radical (unpaired) electrons.